The van der Waals surface area contributed by atoms with E-state index in [2.05, 4.69) is 12.2 Å². The van der Waals surface area contributed by atoms with Gasteiger partial charge in [-0.25, -0.2) is 0 Å². The fraction of sp³-hybridized carbons (Fsp3) is 1.00. The molecule has 0 saturated heterocycles. The van der Waals surface area contributed by atoms with Crippen LogP contribution in [0.25, 0.3) is 0 Å². The minimum atomic E-state index is -0.0758. The molecule has 2 rings (SSSR count). The van der Waals surface area contributed by atoms with Crippen molar-refractivity contribution in [3.05, 3.63) is 0 Å². The Morgan fingerprint density at radius 2 is 2.07 bits per heavy atom. The molecule has 3 atom stereocenters. The summed E-state index contributed by atoms with van der Waals surface area (Å²) in [4.78, 5) is 0. The molecule has 2 nitrogen and oxygen atoms in total. The van der Waals surface area contributed by atoms with E-state index >= 15 is 0 Å². The summed E-state index contributed by atoms with van der Waals surface area (Å²) in [6.07, 6.45) is 7.76. The van der Waals surface area contributed by atoms with Crippen LogP contribution >= 0.6 is 0 Å². The Hall–Kier alpha value is -0.0800. The van der Waals surface area contributed by atoms with Crippen LogP contribution in [0.1, 0.15) is 45.4 Å². The highest BCUT2D eigenvalue weighted by Crippen LogP contribution is 2.33. The van der Waals surface area contributed by atoms with Gasteiger partial charge in [-0.3, -0.25) is 0 Å². The highest BCUT2D eigenvalue weighted by atomic mass is 16.3. The predicted octanol–water partition coefficient (Wildman–Crippen LogP) is 1.93. The van der Waals surface area contributed by atoms with Crippen molar-refractivity contribution in [3.8, 4) is 0 Å². The second kappa shape index (κ2) is 4.63. The molecule has 0 bridgehead atoms. The van der Waals surface area contributed by atoms with E-state index in [0.717, 1.165) is 12.5 Å². The van der Waals surface area contributed by atoms with Gasteiger partial charge in [0.2, 0.25) is 0 Å². The summed E-state index contributed by atoms with van der Waals surface area (Å²) in [5.41, 5.74) is 0. The van der Waals surface area contributed by atoms with Gasteiger partial charge in [0.1, 0.15) is 0 Å². The Morgan fingerprint density at radius 3 is 2.71 bits per heavy atom. The van der Waals surface area contributed by atoms with Gasteiger partial charge in [0.05, 0.1) is 6.10 Å². The van der Waals surface area contributed by atoms with E-state index in [4.69, 9.17) is 0 Å². The van der Waals surface area contributed by atoms with E-state index < -0.39 is 0 Å². The summed E-state index contributed by atoms with van der Waals surface area (Å²) in [7, 11) is 0. The molecule has 0 aromatic heterocycles. The van der Waals surface area contributed by atoms with Crippen LogP contribution in [-0.4, -0.2) is 23.8 Å². The molecule has 3 unspecified atom stereocenters. The molecular formula is C12H23NO. The minimum Gasteiger partial charge on any atom is -0.392 e. The molecule has 2 saturated carbocycles. The first-order chi connectivity index (χ1) is 6.81. The fourth-order valence-electron chi connectivity index (χ4n) is 2.71. The molecule has 0 aromatic carbocycles. The van der Waals surface area contributed by atoms with Crippen LogP contribution in [0.15, 0.2) is 0 Å². The molecule has 82 valence electrons. The Labute approximate surface area is 87.1 Å². The van der Waals surface area contributed by atoms with Crippen molar-refractivity contribution in [2.24, 2.45) is 11.8 Å². The molecule has 0 radical (unpaired) electrons. The van der Waals surface area contributed by atoms with E-state index in [0.29, 0.717) is 12.0 Å². The lowest BCUT2D eigenvalue weighted by atomic mass is 10.0. The molecule has 2 fully saturated rings. The van der Waals surface area contributed by atoms with Gasteiger partial charge in [-0.2, -0.15) is 0 Å². The van der Waals surface area contributed by atoms with Gasteiger partial charge in [0.25, 0.3) is 0 Å². The number of hydrogen-bond donors (Lipinski definition) is 2. The van der Waals surface area contributed by atoms with E-state index in [9.17, 15) is 5.11 Å². The molecule has 0 aromatic rings. The first-order valence-electron chi connectivity index (χ1n) is 6.22. The highest BCUT2D eigenvalue weighted by Gasteiger charge is 2.31. The van der Waals surface area contributed by atoms with Crippen LogP contribution < -0.4 is 5.32 Å². The minimum absolute atomic E-state index is 0.0758. The van der Waals surface area contributed by atoms with E-state index in [-0.39, 0.29) is 6.10 Å². The quantitative estimate of drug-likeness (QED) is 0.706. The van der Waals surface area contributed by atoms with E-state index in [1.165, 1.54) is 38.5 Å². The molecule has 14 heavy (non-hydrogen) atoms. The third-order valence-electron chi connectivity index (χ3n) is 3.94. The van der Waals surface area contributed by atoms with Crippen molar-refractivity contribution >= 4 is 0 Å². The van der Waals surface area contributed by atoms with Gasteiger partial charge in [0, 0.05) is 12.6 Å². The van der Waals surface area contributed by atoms with Gasteiger partial charge in [-0.05, 0) is 37.5 Å². The topological polar surface area (TPSA) is 32.3 Å². The van der Waals surface area contributed by atoms with Crippen LogP contribution in [0.2, 0.25) is 0 Å². The van der Waals surface area contributed by atoms with Crippen LogP contribution in [-0.2, 0) is 0 Å². The van der Waals surface area contributed by atoms with Gasteiger partial charge >= 0.3 is 0 Å². The average Bonchev–Trinajstić information content (AvgIpc) is 2.94. The van der Waals surface area contributed by atoms with Crippen molar-refractivity contribution < 1.29 is 5.11 Å². The zero-order valence-electron chi connectivity index (χ0n) is 9.21. The normalized spacial score (nSPS) is 34.7. The molecule has 0 amide bonds. The van der Waals surface area contributed by atoms with Crippen molar-refractivity contribution in [2.75, 3.05) is 6.54 Å². The van der Waals surface area contributed by atoms with Crippen LogP contribution in [0.3, 0.4) is 0 Å². The van der Waals surface area contributed by atoms with Crippen molar-refractivity contribution in [3.63, 3.8) is 0 Å². The zero-order valence-corrected chi connectivity index (χ0v) is 9.21. The molecule has 2 aliphatic rings. The largest absolute Gasteiger partial charge is 0.392 e. The second-order valence-corrected chi connectivity index (χ2v) is 5.02. The lowest BCUT2D eigenvalue weighted by Crippen LogP contribution is -2.38. The van der Waals surface area contributed by atoms with Crippen molar-refractivity contribution in [2.45, 2.75) is 57.6 Å². The van der Waals surface area contributed by atoms with Gasteiger partial charge in [0.15, 0.2) is 0 Å². The molecule has 0 aliphatic heterocycles. The lowest BCUT2D eigenvalue weighted by Gasteiger charge is -2.21. The van der Waals surface area contributed by atoms with E-state index in [1.807, 2.05) is 0 Å². The smallest absolute Gasteiger partial charge is 0.0692 e. The summed E-state index contributed by atoms with van der Waals surface area (Å²) < 4.78 is 0. The molecule has 0 spiro atoms. The maximum absolute atomic E-state index is 9.75. The first-order valence-corrected chi connectivity index (χ1v) is 6.22. The van der Waals surface area contributed by atoms with Crippen LogP contribution in [0.5, 0.6) is 0 Å². The van der Waals surface area contributed by atoms with Gasteiger partial charge in [-0.15, -0.1) is 0 Å². The molecule has 2 N–H and O–H groups in total. The van der Waals surface area contributed by atoms with Crippen molar-refractivity contribution in [1.82, 2.24) is 5.32 Å². The number of nitrogens with one attached hydrogen (secondary N) is 1. The monoisotopic (exact) mass is 197 g/mol. The summed E-state index contributed by atoms with van der Waals surface area (Å²) in [5.74, 6) is 1.48. The average molecular weight is 197 g/mol. The maximum atomic E-state index is 9.75. The Balaban J connectivity index is 1.68. The van der Waals surface area contributed by atoms with Crippen LogP contribution in [0.4, 0.5) is 0 Å². The van der Waals surface area contributed by atoms with Gasteiger partial charge in [-0.1, -0.05) is 19.8 Å². The first kappa shape index (κ1) is 10.4. The number of hydrogen-bond acceptors (Lipinski definition) is 2. The van der Waals surface area contributed by atoms with Gasteiger partial charge < -0.3 is 10.4 Å². The predicted molar refractivity (Wildman–Crippen MR) is 58.2 cm³/mol. The number of rotatable bonds is 5. The Kier molecular flexibility index (Phi) is 3.45. The highest BCUT2D eigenvalue weighted by molar-refractivity contribution is 4.86. The van der Waals surface area contributed by atoms with Crippen LogP contribution in [0, 0.1) is 11.8 Å². The van der Waals surface area contributed by atoms with Crippen molar-refractivity contribution in [1.29, 1.82) is 0 Å². The number of aliphatic hydroxyl groups is 1. The fourth-order valence-corrected chi connectivity index (χ4v) is 2.71. The zero-order chi connectivity index (χ0) is 9.97. The molecular weight excluding hydrogens is 174 g/mol. The third kappa shape index (κ3) is 2.48. The third-order valence-corrected chi connectivity index (χ3v) is 3.94. The molecule has 2 heteroatoms. The SMILES string of the molecule is CCC1CCCC1NCC(O)C1CC1. The second-order valence-electron chi connectivity index (χ2n) is 5.02. The molecule has 0 heterocycles. The Morgan fingerprint density at radius 1 is 1.29 bits per heavy atom. The summed E-state index contributed by atoms with van der Waals surface area (Å²) in [6, 6.07) is 0.688. The summed E-state index contributed by atoms with van der Waals surface area (Å²) >= 11 is 0. The molecule has 2 aliphatic carbocycles. The van der Waals surface area contributed by atoms with E-state index in [1.54, 1.807) is 0 Å². The lowest BCUT2D eigenvalue weighted by molar-refractivity contribution is 0.141. The number of aliphatic hydroxyl groups excluding tert-OH is 1. The Bertz CT molecular complexity index is 179. The standard InChI is InChI=1S/C12H23NO/c1-2-9-4-3-5-11(9)13-8-12(14)10-6-7-10/h9-14H,2-8H2,1H3. The maximum Gasteiger partial charge on any atom is 0.0692 e. The summed E-state index contributed by atoms with van der Waals surface area (Å²) in [6.45, 7) is 3.10. The summed E-state index contributed by atoms with van der Waals surface area (Å²) in [5, 5.41) is 13.3.